The molecule has 2 aromatic carbocycles. The molecule has 1 N–H and O–H groups in total. The topological polar surface area (TPSA) is 89.2 Å². The molecule has 1 aliphatic carbocycles. The minimum atomic E-state index is -0.0920. The van der Waals surface area contributed by atoms with Crippen LogP contribution in [0.1, 0.15) is 54.2 Å². The molecule has 7 nitrogen and oxygen atoms in total. The van der Waals surface area contributed by atoms with Crippen molar-refractivity contribution in [1.82, 2.24) is 14.9 Å². The Bertz CT molecular complexity index is 1180. The van der Waals surface area contributed by atoms with Crippen LogP contribution in [0.2, 0.25) is 0 Å². The molecule has 5 rings (SSSR count). The van der Waals surface area contributed by atoms with Crippen LogP contribution < -0.4 is 14.8 Å². The van der Waals surface area contributed by atoms with Gasteiger partial charge < -0.3 is 19.4 Å². The summed E-state index contributed by atoms with van der Waals surface area (Å²) in [5.41, 5.74) is 2.61. The van der Waals surface area contributed by atoms with Crippen molar-refractivity contribution in [3.05, 3.63) is 53.9 Å². The molecular weight excluding hydrogens is 404 g/mol. The zero-order valence-corrected chi connectivity index (χ0v) is 17.9. The summed E-state index contributed by atoms with van der Waals surface area (Å²) in [5.74, 6) is 2.49. The molecule has 164 valence electrons. The van der Waals surface area contributed by atoms with Crippen molar-refractivity contribution in [1.29, 1.82) is 5.26 Å². The third-order valence-corrected chi connectivity index (χ3v) is 6.31. The van der Waals surface area contributed by atoms with Gasteiger partial charge in [0.15, 0.2) is 11.5 Å². The standard InChI is InChI=1S/C25H26N4O3/c26-11-4-12-29-21-8-2-1-7-20(21)28-24(29)17-5-3-6-19(15-17)27-25(30)18-9-10-22-23(16-18)32-14-13-31-22/h1-2,7-10,16-17,19H,3-6,12-15H2,(H,27,30). The number of benzene rings is 2. The number of carbonyl (C=O) groups is 1. The van der Waals surface area contributed by atoms with Gasteiger partial charge in [0, 0.05) is 24.1 Å². The number of carbonyl (C=O) groups excluding carboxylic acids is 1. The highest BCUT2D eigenvalue weighted by atomic mass is 16.6. The van der Waals surface area contributed by atoms with Gasteiger partial charge in [-0.3, -0.25) is 4.79 Å². The van der Waals surface area contributed by atoms with Crippen LogP contribution in [-0.2, 0) is 6.54 Å². The first-order valence-electron chi connectivity index (χ1n) is 11.3. The van der Waals surface area contributed by atoms with E-state index in [2.05, 4.69) is 22.0 Å². The lowest BCUT2D eigenvalue weighted by atomic mass is 9.85. The maximum absolute atomic E-state index is 12.9. The van der Waals surface area contributed by atoms with Crippen LogP contribution in [0, 0.1) is 11.3 Å². The average molecular weight is 431 g/mol. The van der Waals surface area contributed by atoms with Crippen LogP contribution in [0.4, 0.5) is 0 Å². The van der Waals surface area contributed by atoms with E-state index in [0.29, 0.717) is 43.2 Å². The van der Waals surface area contributed by atoms with E-state index < -0.39 is 0 Å². The number of aromatic nitrogens is 2. The van der Waals surface area contributed by atoms with Crippen molar-refractivity contribution in [2.75, 3.05) is 13.2 Å². The molecule has 7 heteroatoms. The zero-order valence-electron chi connectivity index (χ0n) is 17.9. The lowest BCUT2D eigenvalue weighted by Gasteiger charge is -2.30. The van der Waals surface area contributed by atoms with E-state index in [1.807, 2.05) is 18.2 Å². The van der Waals surface area contributed by atoms with E-state index >= 15 is 0 Å². The normalized spacial score (nSPS) is 20.0. The highest BCUT2D eigenvalue weighted by Crippen LogP contribution is 2.35. The predicted molar refractivity (Wildman–Crippen MR) is 120 cm³/mol. The van der Waals surface area contributed by atoms with Gasteiger partial charge in [0.2, 0.25) is 0 Å². The van der Waals surface area contributed by atoms with Gasteiger partial charge in [0.05, 0.1) is 23.5 Å². The first-order valence-corrected chi connectivity index (χ1v) is 11.3. The number of hydrogen-bond acceptors (Lipinski definition) is 5. The van der Waals surface area contributed by atoms with Gasteiger partial charge in [-0.2, -0.15) is 5.26 Å². The third kappa shape index (κ3) is 4.01. The number of nitrogens with zero attached hydrogens (tertiary/aromatic N) is 3. The Morgan fingerprint density at radius 2 is 2.00 bits per heavy atom. The van der Waals surface area contributed by atoms with Crippen molar-refractivity contribution in [3.63, 3.8) is 0 Å². The van der Waals surface area contributed by atoms with E-state index in [-0.39, 0.29) is 17.9 Å². The van der Waals surface area contributed by atoms with Crippen molar-refractivity contribution in [2.45, 2.75) is 50.6 Å². The van der Waals surface area contributed by atoms with Crippen molar-refractivity contribution < 1.29 is 14.3 Å². The summed E-state index contributed by atoms with van der Waals surface area (Å²) >= 11 is 0. The summed E-state index contributed by atoms with van der Waals surface area (Å²) in [4.78, 5) is 17.8. The van der Waals surface area contributed by atoms with E-state index in [1.54, 1.807) is 18.2 Å². The molecule has 0 bridgehead atoms. The second-order valence-corrected chi connectivity index (χ2v) is 8.41. The molecule has 3 aromatic rings. The van der Waals surface area contributed by atoms with E-state index in [9.17, 15) is 4.79 Å². The summed E-state index contributed by atoms with van der Waals surface area (Å²) in [7, 11) is 0. The monoisotopic (exact) mass is 430 g/mol. The molecule has 0 spiro atoms. The number of amides is 1. The summed E-state index contributed by atoms with van der Waals surface area (Å²) in [5, 5.41) is 12.3. The first-order chi connectivity index (χ1) is 15.7. The van der Waals surface area contributed by atoms with Crippen LogP contribution in [0.3, 0.4) is 0 Å². The maximum Gasteiger partial charge on any atom is 0.251 e. The van der Waals surface area contributed by atoms with Crippen molar-refractivity contribution in [2.24, 2.45) is 0 Å². The van der Waals surface area contributed by atoms with Gasteiger partial charge in [-0.05, 0) is 49.6 Å². The average Bonchev–Trinajstić information content (AvgIpc) is 3.21. The van der Waals surface area contributed by atoms with Gasteiger partial charge in [0.1, 0.15) is 19.0 Å². The number of para-hydroxylation sites is 2. The van der Waals surface area contributed by atoms with E-state index in [1.165, 1.54) is 0 Å². The number of nitrogens with one attached hydrogen (secondary N) is 1. The highest BCUT2D eigenvalue weighted by Gasteiger charge is 2.29. The number of nitriles is 1. The Kier molecular flexibility index (Phi) is 5.68. The number of aryl methyl sites for hydroxylation is 1. The Labute approximate surface area is 187 Å². The minimum absolute atomic E-state index is 0.0821. The van der Waals surface area contributed by atoms with Crippen LogP contribution >= 0.6 is 0 Å². The van der Waals surface area contributed by atoms with Gasteiger partial charge >= 0.3 is 0 Å². The Balaban J connectivity index is 1.33. The molecule has 0 saturated heterocycles. The van der Waals surface area contributed by atoms with Crippen LogP contribution in [0.15, 0.2) is 42.5 Å². The molecule has 32 heavy (non-hydrogen) atoms. The van der Waals surface area contributed by atoms with Crippen LogP contribution in [-0.4, -0.2) is 34.7 Å². The molecular formula is C25H26N4O3. The maximum atomic E-state index is 12.9. The van der Waals surface area contributed by atoms with Crippen LogP contribution in [0.5, 0.6) is 11.5 Å². The zero-order chi connectivity index (χ0) is 21.9. The Morgan fingerprint density at radius 1 is 1.16 bits per heavy atom. The number of rotatable bonds is 5. The molecule has 2 aliphatic rings. The SMILES string of the molecule is N#CCCn1c(C2CCCC(NC(=O)c3ccc4c(c3)OCCO4)C2)nc2ccccc21. The summed E-state index contributed by atoms with van der Waals surface area (Å²) < 4.78 is 13.4. The Morgan fingerprint density at radius 3 is 2.88 bits per heavy atom. The van der Waals surface area contributed by atoms with E-state index in [4.69, 9.17) is 19.7 Å². The smallest absolute Gasteiger partial charge is 0.251 e. The summed E-state index contributed by atoms with van der Waals surface area (Å²) in [6.45, 7) is 1.66. The molecule has 2 heterocycles. The fraction of sp³-hybridized carbons (Fsp3) is 0.400. The predicted octanol–water partition coefficient (Wildman–Crippen LogP) is 4.18. The van der Waals surface area contributed by atoms with Gasteiger partial charge in [-0.25, -0.2) is 4.98 Å². The quantitative estimate of drug-likeness (QED) is 0.656. The lowest BCUT2D eigenvalue weighted by Crippen LogP contribution is -2.38. The summed E-state index contributed by atoms with van der Waals surface area (Å²) in [6.07, 6.45) is 4.30. The lowest BCUT2D eigenvalue weighted by molar-refractivity contribution is 0.0923. The number of imidazole rings is 1. The molecule has 1 aliphatic heterocycles. The first kappa shape index (κ1) is 20.4. The molecule has 1 amide bonds. The van der Waals surface area contributed by atoms with Crippen molar-refractivity contribution in [3.8, 4) is 17.6 Å². The largest absolute Gasteiger partial charge is 0.486 e. The molecule has 1 saturated carbocycles. The second-order valence-electron chi connectivity index (χ2n) is 8.41. The molecule has 1 fully saturated rings. The van der Waals surface area contributed by atoms with Gasteiger partial charge in [-0.1, -0.05) is 18.6 Å². The number of fused-ring (bicyclic) bond motifs is 2. The summed E-state index contributed by atoms with van der Waals surface area (Å²) in [6, 6.07) is 15.7. The molecule has 2 atom stereocenters. The third-order valence-electron chi connectivity index (χ3n) is 6.31. The van der Waals surface area contributed by atoms with Gasteiger partial charge in [-0.15, -0.1) is 0 Å². The minimum Gasteiger partial charge on any atom is -0.486 e. The Hall–Kier alpha value is -3.53. The molecule has 1 aromatic heterocycles. The van der Waals surface area contributed by atoms with Crippen LogP contribution in [0.25, 0.3) is 11.0 Å². The number of ether oxygens (including phenoxy) is 2. The molecule has 0 radical (unpaired) electrons. The van der Waals surface area contributed by atoms with E-state index in [0.717, 1.165) is 42.5 Å². The molecule has 2 unspecified atom stereocenters. The number of hydrogen-bond donors (Lipinski definition) is 1. The van der Waals surface area contributed by atoms with Gasteiger partial charge in [0.25, 0.3) is 5.91 Å². The fourth-order valence-electron chi connectivity index (χ4n) is 4.81. The fourth-order valence-corrected chi connectivity index (χ4v) is 4.81. The van der Waals surface area contributed by atoms with Crippen molar-refractivity contribution >= 4 is 16.9 Å². The highest BCUT2D eigenvalue weighted by molar-refractivity contribution is 5.95. The second kappa shape index (κ2) is 8.91.